The van der Waals surface area contributed by atoms with Crippen LogP contribution in [0.5, 0.6) is 0 Å². The summed E-state index contributed by atoms with van der Waals surface area (Å²) in [6.07, 6.45) is 5.88. The van der Waals surface area contributed by atoms with E-state index in [-0.39, 0.29) is 17.4 Å². The van der Waals surface area contributed by atoms with Gasteiger partial charge in [0.1, 0.15) is 0 Å². The lowest BCUT2D eigenvalue weighted by molar-refractivity contribution is -0.130. The Balaban J connectivity index is 1.62. The highest BCUT2D eigenvalue weighted by Crippen LogP contribution is 2.32. The van der Waals surface area contributed by atoms with Crippen LogP contribution < -0.4 is 5.32 Å². The zero-order chi connectivity index (χ0) is 19.4. The van der Waals surface area contributed by atoms with Crippen molar-refractivity contribution >= 4 is 17.6 Å². The van der Waals surface area contributed by atoms with Gasteiger partial charge in [0, 0.05) is 64.0 Å². The number of hydrogen-bond acceptors (Lipinski definition) is 5. The van der Waals surface area contributed by atoms with Gasteiger partial charge < -0.3 is 10.2 Å². The van der Waals surface area contributed by atoms with Gasteiger partial charge in [-0.05, 0) is 19.9 Å². The van der Waals surface area contributed by atoms with Crippen molar-refractivity contribution in [3.63, 3.8) is 0 Å². The number of amides is 2. The van der Waals surface area contributed by atoms with Gasteiger partial charge in [-0.3, -0.25) is 24.1 Å². The van der Waals surface area contributed by atoms with Crippen molar-refractivity contribution in [2.24, 2.45) is 7.05 Å². The molecule has 2 aliphatic rings. The Morgan fingerprint density at radius 3 is 2.85 bits per heavy atom. The molecule has 1 atom stereocenters. The topological polar surface area (TPSA) is 73.7 Å². The summed E-state index contributed by atoms with van der Waals surface area (Å²) in [6.45, 7) is 7.99. The van der Waals surface area contributed by atoms with Crippen molar-refractivity contribution in [1.29, 1.82) is 0 Å². The quantitative estimate of drug-likeness (QED) is 0.762. The number of carbonyl (C=O) groups is 2. The van der Waals surface area contributed by atoms with Crippen molar-refractivity contribution in [1.82, 2.24) is 24.5 Å². The van der Waals surface area contributed by atoms with Gasteiger partial charge in [0.2, 0.25) is 11.8 Å². The second-order valence-corrected chi connectivity index (χ2v) is 7.66. The van der Waals surface area contributed by atoms with Crippen LogP contribution in [-0.2, 0) is 16.6 Å². The second kappa shape index (κ2) is 8.22. The number of carbonyl (C=O) groups excluding carboxylic acids is 2. The predicted molar refractivity (Wildman–Crippen MR) is 104 cm³/mol. The number of hydrogen-bond donors (Lipinski definition) is 1. The highest BCUT2D eigenvalue weighted by Gasteiger charge is 2.42. The highest BCUT2D eigenvalue weighted by atomic mass is 16.2. The maximum absolute atomic E-state index is 12.4. The molecule has 0 saturated carbocycles. The first kappa shape index (κ1) is 19.6. The molecule has 3 rings (SSSR count). The summed E-state index contributed by atoms with van der Waals surface area (Å²) in [5, 5.41) is 7.05. The van der Waals surface area contributed by atoms with Gasteiger partial charge in [-0.1, -0.05) is 6.08 Å². The standard InChI is InChI=1S/C19H30N6O2/c1-4-9-25-11-8-19(7-5-18(25)27)15-24(13-12-22(19)2)14-17(26)20-16-6-10-23(3)21-16/h4,6,10H,1,5,7-9,11-15H2,2-3H3,(H,20,21,26)/t19-/m1/s1. The maximum atomic E-state index is 12.4. The summed E-state index contributed by atoms with van der Waals surface area (Å²) in [5.74, 6) is 0.725. The number of nitrogens with zero attached hydrogens (tertiary/aromatic N) is 5. The molecule has 3 heterocycles. The Kier molecular flexibility index (Phi) is 5.96. The molecule has 2 amide bonds. The lowest BCUT2D eigenvalue weighted by Crippen LogP contribution is -2.61. The maximum Gasteiger partial charge on any atom is 0.239 e. The van der Waals surface area contributed by atoms with Crippen LogP contribution in [0, 0.1) is 0 Å². The molecular formula is C19H30N6O2. The van der Waals surface area contributed by atoms with E-state index in [9.17, 15) is 9.59 Å². The van der Waals surface area contributed by atoms with E-state index in [2.05, 4.69) is 33.8 Å². The average Bonchev–Trinajstić information content (AvgIpc) is 2.96. The Hall–Kier alpha value is -2.19. The van der Waals surface area contributed by atoms with E-state index in [0.717, 1.165) is 39.0 Å². The summed E-state index contributed by atoms with van der Waals surface area (Å²) >= 11 is 0. The zero-order valence-corrected chi connectivity index (χ0v) is 16.4. The normalized spacial score (nSPS) is 24.8. The van der Waals surface area contributed by atoms with E-state index in [0.29, 0.717) is 25.3 Å². The van der Waals surface area contributed by atoms with Gasteiger partial charge in [-0.2, -0.15) is 5.10 Å². The molecule has 0 aromatic carbocycles. The molecule has 2 fully saturated rings. The molecule has 8 heteroatoms. The van der Waals surface area contributed by atoms with E-state index < -0.39 is 0 Å². The number of likely N-dealkylation sites (tertiary alicyclic amines) is 1. The van der Waals surface area contributed by atoms with E-state index >= 15 is 0 Å². The zero-order valence-electron chi connectivity index (χ0n) is 16.4. The molecule has 2 aliphatic heterocycles. The molecule has 1 aromatic rings. The van der Waals surface area contributed by atoms with Crippen LogP contribution in [0.3, 0.4) is 0 Å². The lowest BCUT2D eigenvalue weighted by Gasteiger charge is -2.49. The molecule has 0 unspecified atom stereocenters. The molecule has 148 valence electrons. The number of nitrogens with one attached hydrogen (secondary N) is 1. The fourth-order valence-corrected chi connectivity index (χ4v) is 4.13. The molecule has 2 saturated heterocycles. The Labute approximate surface area is 160 Å². The van der Waals surface area contributed by atoms with Gasteiger partial charge in [0.15, 0.2) is 5.82 Å². The summed E-state index contributed by atoms with van der Waals surface area (Å²) in [5.41, 5.74) is -0.0604. The van der Waals surface area contributed by atoms with Crippen molar-refractivity contribution in [2.75, 3.05) is 51.6 Å². The molecule has 0 radical (unpaired) electrons. The summed E-state index contributed by atoms with van der Waals surface area (Å²) < 4.78 is 1.66. The van der Waals surface area contributed by atoms with Crippen LogP contribution in [0.4, 0.5) is 5.82 Å². The largest absolute Gasteiger partial charge is 0.339 e. The van der Waals surface area contributed by atoms with E-state index in [1.54, 1.807) is 23.0 Å². The number of aryl methyl sites for hydroxylation is 1. The number of likely N-dealkylation sites (N-methyl/N-ethyl adjacent to an activating group) is 1. The second-order valence-electron chi connectivity index (χ2n) is 7.66. The fraction of sp³-hybridized carbons (Fsp3) is 0.632. The van der Waals surface area contributed by atoms with Gasteiger partial charge in [0.25, 0.3) is 0 Å². The highest BCUT2D eigenvalue weighted by molar-refractivity contribution is 5.91. The van der Waals surface area contributed by atoms with E-state index in [1.165, 1.54) is 0 Å². The third-order valence-electron chi connectivity index (χ3n) is 5.78. The van der Waals surface area contributed by atoms with Crippen LogP contribution in [0.1, 0.15) is 19.3 Å². The van der Waals surface area contributed by atoms with Gasteiger partial charge >= 0.3 is 0 Å². The van der Waals surface area contributed by atoms with Crippen molar-refractivity contribution < 1.29 is 9.59 Å². The molecule has 1 aromatic heterocycles. The SMILES string of the molecule is C=CCN1CC[C@]2(CCC1=O)CN(CC(=O)Nc1ccn(C)n1)CCN2C. The molecule has 1 spiro atoms. The van der Waals surface area contributed by atoms with Crippen molar-refractivity contribution in [3.8, 4) is 0 Å². The first-order chi connectivity index (χ1) is 12.9. The smallest absolute Gasteiger partial charge is 0.239 e. The fourth-order valence-electron chi connectivity index (χ4n) is 4.13. The molecule has 0 bridgehead atoms. The summed E-state index contributed by atoms with van der Waals surface area (Å²) in [4.78, 5) is 31.3. The number of anilines is 1. The lowest BCUT2D eigenvalue weighted by atomic mass is 9.86. The summed E-state index contributed by atoms with van der Waals surface area (Å²) in [6, 6.07) is 1.79. The molecule has 8 nitrogen and oxygen atoms in total. The minimum absolute atomic E-state index is 0.0496. The first-order valence-corrected chi connectivity index (χ1v) is 9.54. The minimum atomic E-state index is -0.0604. The van der Waals surface area contributed by atoms with Crippen LogP contribution in [-0.4, -0.2) is 88.1 Å². The molecular weight excluding hydrogens is 344 g/mol. The Morgan fingerprint density at radius 2 is 2.15 bits per heavy atom. The number of aromatic nitrogens is 2. The van der Waals surface area contributed by atoms with E-state index in [4.69, 9.17) is 0 Å². The monoisotopic (exact) mass is 374 g/mol. The third kappa shape index (κ3) is 4.56. The number of rotatable bonds is 5. The van der Waals surface area contributed by atoms with Gasteiger partial charge in [-0.15, -0.1) is 6.58 Å². The van der Waals surface area contributed by atoms with Crippen LogP contribution >= 0.6 is 0 Å². The van der Waals surface area contributed by atoms with Crippen molar-refractivity contribution in [2.45, 2.75) is 24.8 Å². The number of piperazine rings is 1. The first-order valence-electron chi connectivity index (χ1n) is 9.54. The third-order valence-corrected chi connectivity index (χ3v) is 5.78. The van der Waals surface area contributed by atoms with Crippen LogP contribution in [0.25, 0.3) is 0 Å². The Morgan fingerprint density at radius 1 is 1.33 bits per heavy atom. The molecule has 1 N–H and O–H groups in total. The van der Waals surface area contributed by atoms with E-state index in [1.807, 2.05) is 11.9 Å². The van der Waals surface area contributed by atoms with Gasteiger partial charge in [-0.25, -0.2) is 0 Å². The molecule has 0 aliphatic carbocycles. The molecule has 27 heavy (non-hydrogen) atoms. The Bertz CT molecular complexity index is 702. The van der Waals surface area contributed by atoms with Crippen LogP contribution in [0.15, 0.2) is 24.9 Å². The predicted octanol–water partition coefficient (Wildman–Crippen LogP) is 0.543. The van der Waals surface area contributed by atoms with Gasteiger partial charge in [0.05, 0.1) is 6.54 Å². The van der Waals surface area contributed by atoms with Crippen molar-refractivity contribution in [3.05, 3.63) is 24.9 Å². The summed E-state index contributed by atoms with van der Waals surface area (Å²) in [7, 11) is 3.96. The van der Waals surface area contributed by atoms with Crippen LogP contribution in [0.2, 0.25) is 0 Å². The average molecular weight is 374 g/mol. The minimum Gasteiger partial charge on any atom is -0.339 e.